The molecule has 2 amide bonds. The van der Waals surface area contributed by atoms with E-state index < -0.39 is 35.2 Å². The highest BCUT2D eigenvalue weighted by Gasteiger charge is 2.44. The van der Waals surface area contributed by atoms with E-state index in [2.05, 4.69) is 5.32 Å². The van der Waals surface area contributed by atoms with E-state index in [1.54, 1.807) is 6.07 Å². The van der Waals surface area contributed by atoms with Crippen molar-refractivity contribution in [2.24, 2.45) is 0 Å². The van der Waals surface area contributed by atoms with Crippen LogP contribution in [0.1, 0.15) is 36.3 Å². The van der Waals surface area contributed by atoms with E-state index in [1.807, 2.05) is 6.92 Å². The highest BCUT2D eigenvalue weighted by Crippen LogP contribution is 2.42. The molecule has 3 rings (SSSR count). The first-order chi connectivity index (χ1) is 14.3. The Morgan fingerprint density at radius 3 is 2.80 bits per heavy atom. The van der Waals surface area contributed by atoms with Crippen LogP contribution in [0.4, 0.5) is 23.7 Å². The lowest BCUT2D eigenvalue weighted by atomic mass is 10.2. The lowest BCUT2D eigenvalue weighted by Crippen LogP contribution is -2.45. The Hall–Kier alpha value is -2.62. The number of esters is 1. The number of carbonyl (C=O) groups excluding carboxylic acids is 2. The maximum absolute atomic E-state index is 13.0. The van der Waals surface area contributed by atoms with Crippen LogP contribution in [0, 0.1) is 0 Å². The van der Waals surface area contributed by atoms with Crippen molar-refractivity contribution in [3.63, 3.8) is 0 Å². The highest BCUT2D eigenvalue weighted by molar-refractivity contribution is 7.99. The Morgan fingerprint density at radius 1 is 1.33 bits per heavy atom. The number of rotatable bonds is 6. The van der Waals surface area contributed by atoms with Crippen LogP contribution in [0.25, 0.3) is 0 Å². The third-order valence-corrected chi connectivity index (χ3v) is 5.84. The number of thioether (sulfide) groups is 1. The molecule has 0 aliphatic carbocycles. The van der Waals surface area contributed by atoms with E-state index in [0.717, 1.165) is 18.6 Å². The van der Waals surface area contributed by atoms with E-state index in [9.17, 15) is 22.8 Å². The highest BCUT2D eigenvalue weighted by atomic mass is 32.2. The minimum Gasteiger partial charge on any atom is -0.472 e. The molecule has 0 radical (unpaired) electrons. The number of unbranched alkanes of at least 4 members (excludes halogenated alkanes) is 1. The van der Waals surface area contributed by atoms with Crippen molar-refractivity contribution < 1.29 is 31.9 Å². The molecular weight excluding hydrogens is 421 g/mol. The van der Waals surface area contributed by atoms with E-state index in [1.165, 1.54) is 41.3 Å². The molecule has 162 valence electrons. The van der Waals surface area contributed by atoms with Crippen LogP contribution in [0.3, 0.4) is 0 Å². The third-order valence-electron chi connectivity index (χ3n) is 4.52. The fourth-order valence-corrected chi connectivity index (χ4v) is 4.37. The Balaban J connectivity index is 1.81. The minimum absolute atomic E-state index is 0.0178. The van der Waals surface area contributed by atoms with Gasteiger partial charge in [0.2, 0.25) is 0 Å². The molecule has 0 saturated carbocycles. The van der Waals surface area contributed by atoms with Crippen LogP contribution >= 0.6 is 11.8 Å². The van der Waals surface area contributed by atoms with Crippen molar-refractivity contribution >= 4 is 29.4 Å². The Labute approximate surface area is 175 Å². The molecule has 2 atom stereocenters. The first-order valence-electron chi connectivity index (χ1n) is 9.38. The lowest BCUT2D eigenvalue weighted by Gasteiger charge is -2.28. The molecule has 0 spiro atoms. The fraction of sp³-hybridized carbons (Fsp3) is 0.400. The molecule has 1 aromatic heterocycles. The molecule has 1 N–H and O–H groups in total. The molecule has 1 aliphatic heterocycles. The number of amides is 2. The lowest BCUT2D eigenvalue weighted by molar-refractivity contribution is -0.148. The summed E-state index contributed by atoms with van der Waals surface area (Å²) in [6, 6.07) is 4.46. The number of hydrogen-bond donors (Lipinski definition) is 1. The molecule has 1 saturated heterocycles. The largest absolute Gasteiger partial charge is 0.472 e. The van der Waals surface area contributed by atoms with Crippen molar-refractivity contribution in [3.05, 3.63) is 54.0 Å². The molecule has 2 unspecified atom stereocenters. The van der Waals surface area contributed by atoms with Crippen LogP contribution in [0.2, 0.25) is 0 Å². The molecule has 1 fully saturated rings. The molecule has 1 aromatic carbocycles. The quantitative estimate of drug-likeness (QED) is 0.486. The molecule has 0 bridgehead atoms. The molecule has 2 heterocycles. The number of carbonyl (C=O) groups is 2. The van der Waals surface area contributed by atoms with Crippen LogP contribution in [-0.2, 0) is 15.7 Å². The van der Waals surface area contributed by atoms with Crippen LogP contribution in [-0.4, -0.2) is 35.3 Å². The SMILES string of the molecule is CCCCOC(=O)C1CSC(c2ccoc2)N1C(=O)Nc1cccc(C(F)(F)F)c1. The molecule has 6 nitrogen and oxygen atoms in total. The second-order valence-corrected chi connectivity index (χ2v) is 7.81. The van der Waals surface area contributed by atoms with Crippen LogP contribution < -0.4 is 5.32 Å². The molecule has 10 heteroatoms. The number of urea groups is 1. The number of halogens is 3. The van der Waals surface area contributed by atoms with Crippen molar-refractivity contribution in [1.29, 1.82) is 0 Å². The third kappa shape index (κ3) is 5.10. The van der Waals surface area contributed by atoms with Crippen molar-refractivity contribution in [2.75, 3.05) is 17.7 Å². The van der Waals surface area contributed by atoms with Gasteiger partial charge in [-0.15, -0.1) is 11.8 Å². The number of furan rings is 1. The topological polar surface area (TPSA) is 71.8 Å². The molecule has 1 aliphatic rings. The van der Waals surface area contributed by atoms with Gasteiger partial charge < -0.3 is 14.5 Å². The summed E-state index contributed by atoms with van der Waals surface area (Å²) in [6.45, 7) is 2.21. The molecule has 30 heavy (non-hydrogen) atoms. The Kier molecular flexibility index (Phi) is 6.96. The summed E-state index contributed by atoms with van der Waals surface area (Å²) in [7, 11) is 0. The van der Waals surface area contributed by atoms with Crippen molar-refractivity contribution in [3.8, 4) is 0 Å². The summed E-state index contributed by atoms with van der Waals surface area (Å²) >= 11 is 1.35. The van der Waals surface area contributed by atoms with Gasteiger partial charge in [-0.2, -0.15) is 13.2 Å². The van der Waals surface area contributed by atoms with Gasteiger partial charge >= 0.3 is 18.2 Å². The predicted octanol–water partition coefficient (Wildman–Crippen LogP) is 5.29. The number of nitrogens with zero attached hydrogens (tertiary/aromatic N) is 1. The average Bonchev–Trinajstić information content (AvgIpc) is 3.37. The number of ether oxygens (including phenoxy) is 1. The van der Waals surface area contributed by atoms with Crippen molar-refractivity contribution in [1.82, 2.24) is 4.90 Å². The van der Waals surface area contributed by atoms with Crippen LogP contribution in [0.15, 0.2) is 47.3 Å². The van der Waals surface area contributed by atoms with E-state index in [4.69, 9.17) is 9.15 Å². The first-order valence-corrected chi connectivity index (χ1v) is 10.4. The summed E-state index contributed by atoms with van der Waals surface area (Å²) in [6.07, 6.45) is -0.0643. The van der Waals surface area contributed by atoms with Gasteiger partial charge in [-0.25, -0.2) is 9.59 Å². The summed E-state index contributed by atoms with van der Waals surface area (Å²) in [5.74, 6) is -0.238. The maximum atomic E-state index is 13.0. The standard InChI is InChI=1S/C20H21F3N2O4S/c1-2-3-8-29-18(26)16-12-30-17(13-7-9-28-11-13)25(16)19(27)24-15-6-4-5-14(10-15)20(21,22)23/h4-7,9-11,16-17H,2-3,8,12H2,1H3,(H,24,27). The van der Waals surface area contributed by atoms with Gasteiger partial charge in [0.15, 0.2) is 0 Å². The minimum atomic E-state index is -4.53. The summed E-state index contributed by atoms with van der Waals surface area (Å²) < 4.78 is 49.3. The predicted molar refractivity (Wildman–Crippen MR) is 106 cm³/mol. The van der Waals surface area contributed by atoms with Gasteiger partial charge in [0.1, 0.15) is 11.4 Å². The number of nitrogens with one attached hydrogen (secondary N) is 1. The van der Waals surface area contributed by atoms with Crippen LogP contribution in [0.5, 0.6) is 0 Å². The van der Waals surface area contributed by atoms with Gasteiger partial charge in [-0.1, -0.05) is 19.4 Å². The molecular formula is C20H21F3N2O4S. The number of hydrogen-bond acceptors (Lipinski definition) is 5. The van der Waals surface area contributed by atoms with Gasteiger partial charge in [-0.05, 0) is 30.7 Å². The van der Waals surface area contributed by atoms with Gasteiger partial charge in [-0.3, -0.25) is 4.90 Å². The maximum Gasteiger partial charge on any atom is 0.416 e. The monoisotopic (exact) mass is 442 g/mol. The van der Waals surface area contributed by atoms with Crippen molar-refractivity contribution in [2.45, 2.75) is 37.4 Å². The van der Waals surface area contributed by atoms with Gasteiger partial charge in [0, 0.05) is 17.0 Å². The fourth-order valence-electron chi connectivity index (χ4n) is 2.98. The zero-order chi connectivity index (χ0) is 21.7. The summed E-state index contributed by atoms with van der Waals surface area (Å²) in [5, 5.41) is 1.95. The summed E-state index contributed by atoms with van der Waals surface area (Å²) in [5.41, 5.74) is -0.225. The normalized spacial score (nSPS) is 19.0. The Morgan fingerprint density at radius 2 is 2.13 bits per heavy atom. The first kappa shape index (κ1) is 22.1. The van der Waals surface area contributed by atoms with Gasteiger partial charge in [0.05, 0.1) is 24.7 Å². The zero-order valence-electron chi connectivity index (χ0n) is 16.1. The second-order valence-electron chi connectivity index (χ2n) is 6.70. The van der Waals surface area contributed by atoms with Gasteiger partial charge in [0.25, 0.3) is 0 Å². The number of alkyl halides is 3. The Bertz CT molecular complexity index is 873. The second kappa shape index (κ2) is 9.46. The smallest absolute Gasteiger partial charge is 0.416 e. The van der Waals surface area contributed by atoms with E-state index in [0.29, 0.717) is 17.7 Å². The molecule has 2 aromatic rings. The van der Waals surface area contributed by atoms with E-state index in [-0.39, 0.29) is 12.3 Å². The van der Waals surface area contributed by atoms with E-state index >= 15 is 0 Å². The average molecular weight is 442 g/mol. The number of anilines is 1. The summed E-state index contributed by atoms with van der Waals surface area (Å²) in [4.78, 5) is 26.9. The number of benzene rings is 1. The zero-order valence-corrected chi connectivity index (χ0v) is 17.0.